The van der Waals surface area contributed by atoms with Crippen LogP contribution in [0, 0.1) is 0 Å². The number of nitrogens with one attached hydrogen (secondary N) is 1. The third-order valence-corrected chi connectivity index (χ3v) is 4.10. The number of hydrogen-bond acceptors (Lipinski definition) is 5. The summed E-state index contributed by atoms with van der Waals surface area (Å²) < 4.78 is 11.2. The molecule has 2 rings (SSSR count). The van der Waals surface area contributed by atoms with Gasteiger partial charge in [0.1, 0.15) is 12.0 Å². The number of benzene rings is 1. The van der Waals surface area contributed by atoms with Crippen molar-refractivity contribution in [1.82, 2.24) is 5.32 Å². The summed E-state index contributed by atoms with van der Waals surface area (Å²) in [6.07, 6.45) is 0.365. The molecule has 6 heteroatoms. The van der Waals surface area contributed by atoms with Crippen LogP contribution in [0.1, 0.15) is 24.8 Å². The monoisotopic (exact) mass is 355 g/mol. The average molecular weight is 356 g/mol. The number of halogens is 1. The number of hydrogen-bond donors (Lipinski definition) is 1. The van der Waals surface area contributed by atoms with E-state index in [9.17, 15) is 9.59 Å². The number of carbonyl (C=O) groups excluding carboxylic acids is 2. The third-order valence-electron chi connectivity index (χ3n) is 3.57. The molecule has 1 aromatic rings. The van der Waals surface area contributed by atoms with E-state index in [1.165, 1.54) is 14.0 Å². The van der Waals surface area contributed by atoms with E-state index in [1.807, 2.05) is 24.3 Å². The Bertz CT molecular complexity index is 517. The highest BCUT2D eigenvalue weighted by Crippen LogP contribution is 2.29. The van der Waals surface area contributed by atoms with Crippen LogP contribution in [0.5, 0.6) is 0 Å². The van der Waals surface area contributed by atoms with Gasteiger partial charge in [-0.1, -0.05) is 28.1 Å². The van der Waals surface area contributed by atoms with Crippen LogP contribution < -0.4 is 5.32 Å². The van der Waals surface area contributed by atoms with E-state index in [0.717, 1.165) is 10.0 Å². The van der Waals surface area contributed by atoms with E-state index in [0.29, 0.717) is 13.0 Å². The highest BCUT2D eigenvalue weighted by Gasteiger charge is 2.40. The smallest absolute Gasteiger partial charge is 0.314 e. The van der Waals surface area contributed by atoms with Crippen LogP contribution in [0.4, 0.5) is 0 Å². The van der Waals surface area contributed by atoms with Gasteiger partial charge in [0.2, 0.25) is 0 Å². The summed E-state index contributed by atoms with van der Waals surface area (Å²) in [6, 6.07) is 7.22. The summed E-state index contributed by atoms with van der Waals surface area (Å²) in [5, 5.41) is 3.25. The summed E-state index contributed by atoms with van der Waals surface area (Å²) in [6.45, 7) is 2.08. The fourth-order valence-electron chi connectivity index (χ4n) is 2.67. The molecule has 21 heavy (non-hydrogen) atoms. The minimum absolute atomic E-state index is 0.275. The van der Waals surface area contributed by atoms with E-state index in [-0.39, 0.29) is 24.1 Å². The lowest BCUT2D eigenvalue weighted by molar-refractivity contribution is -0.151. The van der Waals surface area contributed by atoms with Crippen molar-refractivity contribution in [2.45, 2.75) is 31.4 Å². The summed E-state index contributed by atoms with van der Waals surface area (Å²) in [4.78, 5) is 23.4. The van der Waals surface area contributed by atoms with Crippen LogP contribution >= 0.6 is 15.9 Å². The highest BCUT2D eigenvalue weighted by molar-refractivity contribution is 9.10. The molecule has 0 radical (unpaired) electrons. The van der Waals surface area contributed by atoms with Crippen LogP contribution in [0.3, 0.4) is 0 Å². The topological polar surface area (TPSA) is 64.6 Å². The van der Waals surface area contributed by atoms with Gasteiger partial charge in [0.05, 0.1) is 13.2 Å². The molecule has 0 aromatic heterocycles. The van der Waals surface area contributed by atoms with Crippen LogP contribution in [0.15, 0.2) is 28.7 Å². The molecule has 1 aliphatic heterocycles. The molecular weight excluding hydrogens is 338 g/mol. The van der Waals surface area contributed by atoms with Gasteiger partial charge < -0.3 is 14.8 Å². The number of methoxy groups -OCH3 is 1. The maximum Gasteiger partial charge on any atom is 0.314 e. The third kappa shape index (κ3) is 3.83. The maximum absolute atomic E-state index is 12.2. The molecule has 3 atom stereocenters. The summed E-state index contributed by atoms with van der Waals surface area (Å²) in [5.41, 5.74) is 0.835. The summed E-state index contributed by atoms with van der Waals surface area (Å²) >= 11 is 3.38. The van der Waals surface area contributed by atoms with Gasteiger partial charge >= 0.3 is 11.9 Å². The van der Waals surface area contributed by atoms with Crippen molar-refractivity contribution in [2.75, 3.05) is 13.7 Å². The second-order valence-corrected chi connectivity index (χ2v) is 5.88. The lowest BCUT2D eigenvalue weighted by atomic mass is 9.89. The first-order valence-corrected chi connectivity index (χ1v) is 7.56. The van der Waals surface area contributed by atoms with Crippen LogP contribution in [-0.4, -0.2) is 37.7 Å². The van der Waals surface area contributed by atoms with Gasteiger partial charge in [-0.25, -0.2) is 0 Å². The quantitative estimate of drug-likeness (QED) is 0.836. The molecule has 1 aliphatic rings. The number of esters is 2. The standard InChI is InChI=1S/C15H18BrNO4/c1-9(18)21-12-7-8-17-14(12)13(15(19)20-2)10-3-5-11(16)6-4-10/h3-6,12-14,17H,7-8H2,1-2H3/t12-,13-,14-/m1/s1. The Morgan fingerprint density at radius 2 is 2.00 bits per heavy atom. The van der Waals surface area contributed by atoms with Crippen molar-refractivity contribution in [2.24, 2.45) is 0 Å². The van der Waals surface area contributed by atoms with E-state index in [4.69, 9.17) is 9.47 Å². The van der Waals surface area contributed by atoms with Gasteiger partial charge in [0.15, 0.2) is 0 Å². The number of rotatable bonds is 4. The van der Waals surface area contributed by atoms with Crippen molar-refractivity contribution in [1.29, 1.82) is 0 Å². The van der Waals surface area contributed by atoms with Crippen molar-refractivity contribution in [3.63, 3.8) is 0 Å². The maximum atomic E-state index is 12.2. The molecule has 1 saturated heterocycles. The Kier molecular flexibility index (Phi) is 5.36. The first-order valence-electron chi connectivity index (χ1n) is 6.77. The zero-order valence-electron chi connectivity index (χ0n) is 12.0. The van der Waals surface area contributed by atoms with Gasteiger partial charge in [-0.05, 0) is 30.7 Å². The molecule has 1 N–H and O–H groups in total. The largest absolute Gasteiger partial charge is 0.469 e. The zero-order chi connectivity index (χ0) is 15.4. The van der Waals surface area contributed by atoms with Crippen LogP contribution in [-0.2, 0) is 19.1 Å². The van der Waals surface area contributed by atoms with Gasteiger partial charge in [0, 0.05) is 11.4 Å². The lowest BCUT2D eigenvalue weighted by Crippen LogP contribution is -2.42. The molecule has 5 nitrogen and oxygen atoms in total. The molecule has 0 unspecified atom stereocenters. The SMILES string of the molecule is COC(=O)[C@H](c1ccc(Br)cc1)[C@@H]1NCC[C@H]1OC(C)=O. The minimum atomic E-state index is -0.505. The fraction of sp³-hybridized carbons (Fsp3) is 0.467. The highest BCUT2D eigenvalue weighted by atomic mass is 79.9. The molecule has 0 saturated carbocycles. The Morgan fingerprint density at radius 3 is 2.57 bits per heavy atom. The van der Waals surface area contributed by atoms with Gasteiger partial charge in [-0.15, -0.1) is 0 Å². The molecule has 0 amide bonds. The second-order valence-electron chi connectivity index (χ2n) is 4.97. The van der Waals surface area contributed by atoms with Crippen LogP contribution in [0.2, 0.25) is 0 Å². The molecule has 0 aliphatic carbocycles. The van der Waals surface area contributed by atoms with Gasteiger partial charge in [-0.3, -0.25) is 9.59 Å². The molecule has 0 bridgehead atoms. The molecule has 1 heterocycles. The summed E-state index contributed by atoms with van der Waals surface area (Å²) in [5.74, 6) is -1.18. The molecular formula is C15H18BrNO4. The van der Waals surface area contributed by atoms with Crippen molar-refractivity contribution in [3.8, 4) is 0 Å². The van der Waals surface area contributed by atoms with E-state index < -0.39 is 5.92 Å². The second kappa shape index (κ2) is 7.04. The van der Waals surface area contributed by atoms with Crippen molar-refractivity contribution >= 4 is 27.9 Å². The van der Waals surface area contributed by atoms with Crippen LogP contribution in [0.25, 0.3) is 0 Å². The minimum Gasteiger partial charge on any atom is -0.469 e. The van der Waals surface area contributed by atoms with Gasteiger partial charge in [-0.2, -0.15) is 0 Å². The average Bonchev–Trinajstić information content (AvgIpc) is 2.88. The Hall–Kier alpha value is -1.40. The first kappa shape index (κ1) is 16.0. The number of carbonyl (C=O) groups is 2. The van der Waals surface area contributed by atoms with Crippen molar-refractivity contribution < 1.29 is 19.1 Å². The zero-order valence-corrected chi connectivity index (χ0v) is 13.6. The van der Waals surface area contributed by atoms with Gasteiger partial charge in [0.25, 0.3) is 0 Å². The lowest BCUT2D eigenvalue weighted by Gasteiger charge is -2.26. The molecule has 1 aromatic carbocycles. The summed E-state index contributed by atoms with van der Waals surface area (Å²) in [7, 11) is 1.37. The predicted octanol–water partition coefficient (Wildman–Crippen LogP) is 2.00. The Balaban J connectivity index is 2.29. The Morgan fingerprint density at radius 1 is 1.33 bits per heavy atom. The molecule has 114 valence electrons. The Labute approximate surface area is 132 Å². The normalized spacial score (nSPS) is 22.6. The molecule has 1 fully saturated rings. The fourth-order valence-corrected chi connectivity index (χ4v) is 2.93. The first-order chi connectivity index (χ1) is 10.0. The van der Waals surface area contributed by atoms with E-state index in [2.05, 4.69) is 21.2 Å². The number of ether oxygens (including phenoxy) is 2. The van der Waals surface area contributed by atoms with E-state index >= 15 is 0 Å². The van der Waals surface area contributed by atoms with E-state index in [1.54, 1.807) is 0 Å². The predicted molar refractivity (Wildman–Crippen MR) is 80.9 cm³/mol. The molecule has 0 spiro atoms. The van der Waals surface area contributed by atoms with Crippen molar-refractivity contribution in [3.05, 3.63) is 34.3 Å².